The SMILES string of the molecule is Cc1nc(CN=C(NCCc2cccc(F)c2)Nc2ccc3c(c2)OCCCO3)oc1C.I. The molecule has 3 aromatic rings. The Bertz CT molecular complexity index is 1080. The van der Waals surface area contributed by atoms with E-state index in [0.29, 0.717) is 43.8 Å². The first-order chi connectivity index (χ1) is 15.6. The van der Waals surface area contributed by atoms with Gasteiger partial charge in [-0.05, 0) is 50.1 Å². The van der Waals surface area contributed by atoms with E-state index in [0.717, 1.165) is 34.9 Å². The summed E-state index contributed by atoms with van der Waals surface area (Å²) in [6.45, 7) is 5.90. The number of aliphatic imine (C=N–C) groups is 1. The van der Waals surface area contributed by atoms with Gasteiger partial charge in [-0.1, -0.05) is 12.1 Å². The molecule has 1 aromatic heterocycles. The first-order valence-corrected chi connectivity index (χ1v) is 10.7. The number of fused-ring (bicyclic) bond motifs is 1. The molecular formula is C24H28FIN4O3. The van der Waals surface area contributed by atoms with E-state index in [1.807, 2.05) is 38.1 Å². The molecule has 33 heavy (non-hydrogen) atoms. The zero-order chi connectivity index (χ0) is 22.3. The quantitative estimate of drug-likeness (QED) is 0.248. The summed E-state index contributed by atoms with van der Waals surface area (Å²) >= 11 is 0. The van der Waals surface area contributed by atoms with Gasteiger partial charge in [0.2, 0.25) is 5.89 Å². The molecule has 4 rings (SSSR count). The molecule has 0 saturated heterocycles. The number of aromatic nitrogens is 1. The molecule has 176 valence electrons. The summed E-state index contributed by atoms with van der Waals surface area (Å²) in [5, 5.41) is 6.59. The normalized spacial score (nSPS) is 13.1. The molecule has 0 amide bonds. The van der Waals surface area contributed by atoms with Gasteiger partial charge in [0, 0.05) is 24.7 Å². The number of hydrogen-bond acceptors (Lipinski definition) is 5. The summed E-state index contributed by atoms with van der Waals surface area (Å²) in [6.07, 6.45) is 1.50. The predicted octanol–water partition coefficient (Wildman–Crippen LogP) is 5.01. The van der Waals surface area contributed by atoms with Gasteiger partial charge in [0.25, 0.3) is 0 Å². The molecule has 1 aliphatic heterocycles. The van der Waals surface area contributed by atoms with Crippen LogP contribution >= 0.6 is 24.0 Å². The molecule has 0 spiro atoms. The van der Waals surface area contributed by atoms with Crippen LogP contribution in [0.3, 0.4) is 0 Å². The lowest BCUT2D eigenvalue weighted by atomic mass is 10.1. The minimum absolute atomic E-state index is 0. The lowest BCUT2D eigenvalue weighted by Gasteiger charge is -2.14. The molecule has 0 bridgehead atoms. The van der Waals surface area contributed by atoms with Crippen molar-refractivity contribution < 1.29 is 18.3 Å². The lowest BCUT2D eigenvalue weighted by molar-refractivity contribution is 0.297. The van der Waals surface area contributed by atoms with Crippen LogP contribution in [0, 0.1) is 19.7 Å². The average molecular weight is 566 g/mol. The maximum atomic E-state index is 13.5. The first kappa shape index (κ1) is 24.8. The summed E-state index contributed by atoms with van der Waals surface area (Å²) < 4.78 is 30.6. The van der Waals surface area contributed by atoms with Crippen molar-refractivity contribution in [2.45, 2.75) is 33.2 Å². The van der Waals surface area contributed by atoms with Gasteiger partial charge in [-0.15, -0.1) is 24.0 Å². The van der Waals surface area contributed by atoms with Gasteiger partial charge in [0.1, 0.15) is 18.1 Å². The smallest absolute Gasteiger partial charge is 0.216 e. The highest BCUT2D eigenvalue weighted by atomic mass is 127. The zero-order valence-corrected chi connectivity index (χ0v) is 21.0. The molecule has 0 saturated carbocycles. The zero-order valence-electron chi connectivity index (χ0n) is 18.7. The molecule has 2 aromatic carbocycles. The molecule has 2 heterocycles. The van der Waals surface area contributed by atoms with Crippen LogP contribution in [0.1, 0.15) is 29.3 Å². The molecular weight excluding hydrogens is 538 g/mol. The Hall–Kier alpha value is -2.82. The topological polar surface area (TPSA) is 80.9 Å². The van der Waals surface area contributed by atoms with Crippen LogP contribution in [0.5, 0.6) is 11.5 Å². The minimum atomic E-state index is -0.239. The van der Waals surface area contributed by atoms with Crippen molar-refractivity contribution in [2.75, 3.05) is 25.1 Å². The fourth-order valence-corrected chi connectivity index (χ4v) is 3.29. The monoisotopic (exact) mass is 566 g/mol. The van der Waals surface area contributed by atoms with Crippen LogP contribution in [-0.4, -0.2) is 30.7 Å². The number of benzene rings is 2. The number of nitrogens with zero attached hydrogens (tertiary/aromatic N) is 2. The molecule has 0 fully saturated rings. The Morgan fingerprint density at radius 3 is 2.67 bits per heavy atom. The van der Waals surface area contributed by atoms with Gasteiger partial charge in [0.15, 0.2) is 17.5 Å². The van der Waals surface area contributed by atoms with Crippen LogP contribution in [0.4, 0.5) is 10.1 Å². The fourth-order valence-electron chi connectivity index (χ4n) is 3.29. The molecule has 7 nitrogen and oxygen atoms in total. The highest BCUT2D eigenvalue weighted by molar-refractivity contribution is 14.0. The van der Waals surface area contributed by atoms with E-state index in [1.54, 1.807) is 6.07 Å². The summed E-state index contributed by atoms with van der Waals surface area (Å²) in [6, 6.07) is 12.3. The van der Waals surface area contributed by atoms with Gasteiger partial charge in [-0.2, -0.15) is 0 Å². The third-order valence-corrected chi connectivity index (χ3v) is 5.05. The van der Waals surface area contributed by atoms with Crippen LogP contribution in [0.15, 0.2) is 51.9 Å². The summed E-state index contributed by atoms with van der Waals surface area (Å²) in [7, 11) is 0. The summed E-state index contributed by atoms with van der Waals surface area (Å²) in [5.41, 5.74) is 2.57. The number of anilines is 1. The second-order valence-corrected chi connectivity index (χ2v) is 7.56. The molecule has 0 radical (unpaired) electrons. The van der Waals surface area contributed by atoms with Crippen molar-refractivity contribution in [1.29, 1.82) is 0 Å². The Balaban J connectivity index is 0.00000306. The van der Waals surface area contributed by atoms with Crippen LogP contribution in [0.2, 0.25) is 0 Å². The number of guanidine groups is 1. The largest absolute Gasteiger partial charge is 0.490 e. The van der Waals surface area contributed by atoms with Crippen molar-refractivity contribution in [1.82, 2.24) is 10.3 Å². The second kappa shape index (κ2) is 11.9. The maximum absolute atomic E-state index is 13.5. The van der Waals surface area contributed by atoms with Gasteiger partial charge in [-0.25, -0.2) is 14.4 Å². The highest BCUT2D eigenvalue weighted by Gasteiger charge is 2.12. The molecule has 0 unspecified atom stereocenters. The second-order valence-electron chi connectivity index (χ2n) is 7.56. The average Bonchev–Trinajstić information content (AvgIpc) is 2.96. The minimum Gasteiger partial charge on any atom is -0.490 e. The van der Waals surface area contributed by atoms with E-state index in [1.165, 1.54) is 12.1 Å². The number of halogens is 2. The Morgan fingerprint density at radius 1 is 1.09 bits per heavy atom. The van der Waals surface area contributed by atoms with Crippen molar-refractivity contribution in [2.24, 2.45) is 4.99 Å². The number of aryl methyl sites for hydroxylation is 2. The standard InChI is InChI=1S/C24H27FN4O3.HI/c1-16-17(2)32-23(28-16)15-27-24(26-10-9-18-5-3-6-19(25)13-18)29-20-7-8-21-22(14-20)31-12-4-11-30-21;/h3,5-8,13-14H,4,9-12,15H2,1-2H3,(H2,26,27,29);1H. The third kappa shape index (κ3) is 7.08. The number of oxazole rings is 1. The molecule has 1 aliphatic rings. The van der Waals surface area contributed by atoms with Crippen molar-refractivity contribution in [3.8, 4) is 11.5 Å². The molecule has 9 heteroatoms. The summed E-state index contributed by atoms with van der Waals surface area (Å²) in [4.78, 5) is 9.00. The fraction of sp³-hybridized carbons (Fsp3) is 0.333. The van der Waals surface area contributed by atoms with E-state index in [4.69, 9.17) is 13.9 Å². The predicted molar refractivity (Wildman–Crippen MR) is 136 cm³/mol. The first-order valence-electron chi connectivity index (χ1n) is 10.7. The molecule has 0 atom stereocenters. The van der Waals surface area contributed by atoms with Crippen LogP contribution in [-0.2, 0) is 13.0 Å². The summed E-state index contributed by atoms with van der Waals surface area (Å²) in [5.74, 6) is 3.08. The van der Waals surface area contributed by atoms with E-state index in [2.05, 4.69) is 20.6 Å². The Morgan fingerprint density at radius 2 is 1.91 bits per heavy atom. The van der Waals surface area contributed by atoms with Gasteiger partial charge < -0.3 is 24.5 Å². The van der Waals surface area contributed by atoms with E-state index in [9.17, 15) is 4.39 Å². The number of hydrogen-bond donors (Lipinski definition) is 2. The van der Waals surface area contributed by atoms with Crippen molar-refractivity contribution in [3.05, 3.63) is 71.2 Å². The third-order valence-electron chi connectivity index (χ3n) is 5.05. The van der Waals surface area contributed by atoms with E-state index < -0.39 is 0 Å². The lowest BCUT2D eigenvalue weighted by Crippen LogP contribution is -2.32. The Kier molecular flexibility index (Phi) is 8.93. The van der Waals surface area contributed by atoms with Gasteiger partial charge >= 0.3 is 0 Å². The maximum Gasteiger partial charge on any atom is 0.216 e. The Labute approximate surface area is 209 Å². The van der Waals surface area contributed by atoms with E-state index >= 15 is 0 Å². The van der Waals surface area contributed by atoms with Crippen LogP contribution in [0.25, 0.3) is 0 Å². The number of ether oxygens (including phenoxy) is 2. The number of rotatable bonds is 6. The van der Waals surface area contributed by atoms with Crippen LogP contribution < -0.4 is 20.1 Å². The molecule has 2 N–H and O–H groups in total. The molecule has 0 aliphatic carbocycles. The highest BCUT2D eigenvalue weighted by Crippen LogP contribution is 2.32. The van der Waals surface area contributed by atoms with Crippen molar-refractivity contribution in [3.63, 3.8) is 0 Å². The van der Waals surface area contributed by atoms with E-state index in [-0.39, 0.29) is 36.3 Å². The van der Waals surface area contributed by atoms with Crippen molar-refractivity contribution >= 4 is 35.6 Å². The number of nitrogens with one attached hydrogen (secondary N) is 2. The van der Waals surface area contributed by atoms with Gasteiger partial charge in [0.05, 0.1) is 18.9 Å². The van der Waals surface area contributed by atoms with Gasteiger partial charge in [-0.3, -0.25) is 0 Å².